The summed E-state index contributed by atoms with van der Waals surface area (Å²) in [4.78, 5) is 24.3. The van der Waals surface area contributed by atoms with Crippen molar-refractivity contribution >= 4 is 11.9 Å². The van der Waals surface area contributed by atoms with Crippen LogP contribution >= 0.6 is 0 Å². The summed E-state index contributed by atoms with van der Waals surface area (Å²) < 4.78 is 16.1. The average molecular weight is 641 g/mol. The fourth-order valence-electron chi connectivity index (χ4n) is 5.42. The first-order valence-corrected chi connectivity index (χ1v) is 17.6. The minimum atomic E-state index is -1.05. The van der Waals surface area contributed by atoms with Crippen LogP contribution in [-0.2, 0) is 23.8 Å². The number of hydrogen-bond acceptors (Lipinski definition) is 9. The number of unbranched alkanes of at least 4 members (excludes halogenated alkanes) is 9. The van der Waals surface area contributed by atoms with Crippen molar-refractivity contribution in [3.05, 3.63) is 24.3 Å². The van der Waals surface area contributed by atoms with Crippen LogP contribution in [0.4, 0.5) is 0 Å². The summed E-state index contributed by atoms with van der Waals surface area (Å²) in [6.07, 6.45) is 18.8. The molecule has 0 aromatic carbocycles. The van der Waals surface area contributed by atoms with Gasteiger partial charge in [0.05, 0.1) is 24.9 Å². The van der Waals surface area contributed by atoms with Crippen LogP contribution in [0, 0.1) is 11.8 Å². The third-order valence-electron chi connectivity index (χ3n) is 8.22. The zero-order chi connectivity index (χ0) is 33.3. The van der Waals surface area contributed by atoms with Gasteiger partial charge in [0.15, 0.2) is 12.4 Å². The van der Waals surface area contributed by atoms with E-state index < -0.39 is 43.3 Å². The molecule has 0 amide bonds. The minimum Gasteiger partial charge on any atom is -0.462 e. The Labute approximate surface area is 272 Å². The van der Waals surface area contributed by atoms with E-state index in [1.54, 1.807) is 12.2 Å². The van der Waals surface area contributed by atoms with Crippen molar-refractivity contribution in [3.63, 3.8) is 0 Å². The molecule has 1 unspecified atom stereocenters. The lowest BCUT2D eigenvalue weighted by atomic mass is 9.87. The smallest absolute Gasteiger partial charge is 0.306 e. The lowest BCUT2D eigenvalue weighted by molar-refractivity contribution is -0.199. The quantitative estimate of drug-likeness (QED) is 0.0487. The molecule has 262 valence electrons. The third kappa shape index (κ3) is 21.6. The molecule has 0 bridgehead atoms. The number of carbonyl (C=O) groups excluding carboxylic acids is 2. The van der Waals surface area contributed by atoms with Gasteiger partial charge in [0.2, 0.25) is 0 Å². The molecule has 1 fully saturated rings. The van der Waals surface area contributed by atoms with Crippen LogP contribution in [0.15, 0.2) is 24.3 Å². The van der Waals surface area contributed by atoms with Gasteiger partial charge in [0.1, 0.15) is 6.61 Å². The molecule has 0 radical (unpaired) electrons. The van der Waals surface area contributed by atoms with Gasteiger partial charge in [0, 0.05) is 25.2 Å². The van der Waals surface area contributed by atoms with Crippen LogP contribution in [0.3, 0.4) is 0 Å². The van der Waals surface area contributed by atoms with Gasteiger partial charge in [-0.3, -0.25) is 9.59 Å². The van der Waals surface area contributed by atoms with E-state index in [1.165, 1.54) is 32.1 Å². The molecule has 0 saturated carbocycles. The van der Waals surface area contributed by atoms with E-state index in [-0.39, 0.29) is 31.3 Å². The molecular weight excluding hydrogens is 576 g/mol. The molecule has 4 N–H and O–H groups in total. The van der Waals surface area contributed by atoms with Crippen molar-refractivity contribution in [1.29, 1.82) is 0 Å². The normalized spacial score (nSPS) is 21.9. The maximum Gasteiger partial charge on any atom is 0.306 e. The minimum absolute atomic E-state index is 0.136. The van der Waals surface area contributed by atoms with E-state index in [0.717, 1.165) is 44.4 Å². The Kier molecular flexibility index (Phi) is 24.1. The van der Waals surface area contributed by atoms with Crippen LogP contribution in [0.2, 0.25) is 0 Å². The molecule has 1 heterocycles. The molecule has 1 saturated heterocycles. The lowest BCUT2D eigenvalue weighted by Gasteiger charge is -2.36. The fourth-order valence-corrected chi connectivity index (χ4v) is 5.42. The first-order valence-electron chi connectivity index (χ1n) is 17.6. The summed E-state index contributed by atoms with van der Waals surface area (Å²) in [5, 5.41) is 40.2. The number of esters is 2. The number of carbonyl (C=O) groups is 2. The number of allylic oxidation sites excluding steroid dienone is 2. The van der Waals surface area contributed by atoms with Crippen LogP contribution in [0.5, 0.6) is 0 Å². The van der Waals surface area contributed by atoms with Crippen LogP contribution in [0.1, 0.15) is 136 Å². The van der Waals surface area contributed by atoms with Crippen LogP contribution < -0.4 is 0 Å². The van der Waals surface area contributed by atoms with E-state index in [2.05, 4.69) is 20.8 Å². The molecular formula is C36H64O9. The van der Waals surface area contributed by atoms with Gasteiger partial charge in [-0.15, -0.1) is 0 Å². The average Bonchev–Trinajstić information content (AvgIpc) is 2.99. The second-order valence-corrected chi connectivity index (χ2v) is 13.0. The van der Waals surface area contributed by atoms with Crippen molar-refractivity contribution in [2.75, 3.05) is 13.2 Å². The maximum atomic E-state index is 12.2. The lowest BCUT2D eigenvalue weighted by Crippen LogP contribution is -2.43. The first kappa shape index (κ1) is 41.2. The standard InChI is InChI=1S/C36H64O9/c1-4-5-13-19-29(38)23-24-33-31(32(39)25-36(42)45-33)20-15-11-12-16-21-34(40)43-27-30(26-37)44-35(41)22-17-10-8-6-7-9-14-18-28(2)3/h11,15,23-24,28-33,36-39,42H,4-10,12-14,16-22,25-27H2,1-3H3/b15-11-,24-23+/t29-,30-,31-,32-,33+,36?/m0/s1. The van der Waals surface area contributed by atoms with Crippen molar-refractivity contribution in [2.24, 2.45) is 11.8 Å². The Balaban J connectivity index is 2.24. The van der Waals surface area contributed by atoms with Crippen molar-refractivity contribution in [1.82, 2.24) is 0 Å². The largest absolute Gasteiger partial charge is 0.462 e. The molecule has 6 atom stereocenters. The van der Waals surface area contributed by atoms with Gasteiger partial charge in [-0.05, 0) is 38.0 Å². The number of aliphatic hydroxyl groups excluding tert-OH is 4. The molecule has 9 nitrogen and oxygen atoms in total. The van der Waals surface area contributed by atoms with E-state index in [9.17, 15) is 30.0 Å². The van der Waals surface area contributed by atoms with Crippen molar-refractivity contribution in [3.8, 4) is 0 Å². The van der Waals surface area contributed by atoms with Gasteiger partial charge < -0.3 is 34.6 Å². The highest BCUT2D eigenvalue weighted by Crippen LogP contribution is 2.29. The summed E-state index contributed by atoms with van der Waals surface area (Å²) in [6.45, 7) is 6.04. The summed E-state index contributed by atoms with van der Waals surface area (Å²) in [5.41, 5.74) is 0. The second kappa shape index (κ2) is 26.3. The van der Waals surface area contributed by atoms with E-state index >= 15 is 0 Å². The molecule has 0 spiro atoms. The van der Waals surface area contributed by atoms with Crippen molar-refractivity contribution in [2.45, 2.75) is 167 Å². The Morgan fingerprint density at radius 3 is 2.24 bits per heavy atom. The Hall–Kier alpha value is -1.78. The molecule has 1 aliphatic heterocycles. The first-order chi connectivity index (χ1) is 21.7. The van der Waals surface area contributed by atoms with Gasteiger partial charge >= 0.3 is 11.9 Å². The number of hydrogen-bond donors (Lipinski definition) is 4. The van der Waals surface area contributed by atoms with Gasteiger partial charge in [0.25, 0.3) is 0 Å². The summed E-state index contributed by atoms with van der Waals surface area (Å²) in [7, 11) is 0. The topological polar surface area (TPSA) is 143 Å². The van der Waals surface area contributed by atoms with Crippen molar-refractivity contribution < 1.29 is 44.2 Å². The Bertz CT molecular complexity index is 812. The maximum absolute atomic E-state index is 12.2. The second-order valence-electron chi connectivity index (χ2n) is 13.0. The van der Waals surface area contributed by atoms with E-state index in [0.29, 0.717) is 32.1 Å². The Morgan fingerprint density at radius 1 is 0.889 bits per heavy atom. The molecule has 0 aliphatic carbocycles. The summed E-state index contributed by atoms with van der Waals surface area (Å²) in [6, 6.07) is 0. The summed E-state index contributed by atoms with van der Waals surface area (Å²) in [5.74, 6) is -0.284. The van der Waals surface area contributed by atoms with Crippen LogP contribution in [0.25, 0.3) is 0 Å². The molecule has 0 aromatic rings. The molecule has 9 heteroatoms. The number of aliphatic hydroxyl groups is 4. The zero-order valence-electron chi connectivity index (χ0n) is 28.3. The molecule has 1 rings (SSSR count). The fraction of sp³-hybridized carbons (Fsp3) is 0.833. The highest BCUT2D eigenvalue weighted by Gasteiger charge is 2.35. The van der Waals surface area contributed by atoms with Gasteiger partial charge in [-0.2, -0.15) is 0 Å². The van der Waals surface area contributed by atoms with Gasteiger partial charge in [-0.25, -0.2) is 0 Å². The predicted octanol–water partition coefficient (Wildman–Crippen LogP) is 6.30. The van der Waals surface area contributed by atoms with Crippen LogP contribution in [-0.4, -0.2) is 76.3 Å². The summed E-state index contributed by atoms with van der Waals surface area (Å²) >= 11 is 0. The molecule has 45 heavy (non-hydrogen) atoms. The highest BCUT2D eigenvalue weighted by atomic mass is 16.6. The predicted molar refractivity (Wildman–Crippen MR) is 176 cm³/mol. The monoisotopic (exact) mass is 640 g/mol. The zero-order valence-corrected chi connectivity index (χ0v) is 28.3. The van der Waals surface area contributed by atoms with E-state index in [1.807, 2.05) is 12.2 Å². The van der Waals surface area contributed by atoms with E-state index in [4.69, 9.17) is 14.2 Å². The van der Waals surface area contributed by atoms with Gasteiger partial charge in [-0.1, -0.05) is 109 Å². The molecule has 0 aromatic heterocycles. The highest BCUT2D eigenvalue weighted by molar-refractivity contribution is 5.70. The Morgan fingerprint density at radius 2 is 1.56 bits per heavy atom. The number of rotatable bonds is 26. The third-order valence-corrected chi connectivity index (χ3v) is 8.22. The molecule has 1 aliphatic rings. The SMILES string of the molecule is CCCCC[C@H](O)/C=C/[C@H]1OC(O)C[C@H](O)[C@@H]1C/C=C\CCCC(=O)OC[C@H](CO)OC(=O)CCCCCCCCCC(C)C. The number of ether oxygens (including phenoxy) is 3.